The van der Waals surface area contributed by atoms with E-state index in [1.54, 1.807) is 32.4 Å². The number of carbonyl (C=O) groups is 2. The van der Waals surface area contributed by atoms with Crippen molar-refractivity contribution in [2.75, 3.05) is 44.5 Å². The number of piperidine rings is 1. The van der Waals surface area contributed by atoms with E-state index in [9.17, 15) is 9.59 Å². The summed E-state index contributed by atoms with van der Waals surface area (Å²) < 4.78 is 10.5. The minimum absolute atomic E-state index is 0.0393. The van der Waals surface area contributed by atoms with Gasteiger partial charge < -0.3 is 20.1 Å². The van der Waals surface area contributed by atoms with Crippen LogP contribution in [0.2, 0.25) is 0 Å². The van der Waals surface area contributed by atoms with Crippen molar-refractivity contribution in [2.45, 2.75) is 26.7 Å². The molecule has 1 saturated heterocycles. The van der Waals surface area contributed by atoms with Crippen molar-refractivity contribution in [3.8, 4) is 11.5 Å². The van der Waals surface area contributed by atoms with Crippen LogP contribution in [0.15, 0.2) is 36.4 Å². The van der Waals surface area contributed by atoms with Gasteiger partial charge in [-0.2, -0.15) is 0 Å². The van der Waals surface area contributed by atoms with Gasteiger partial charge in [0.15, 0.2) is 0 Å². The Morgan fingerprint density at radius 3 is 2.35 bits per heavy atom. The third-order valence-electron chi connectivity index (χ3n) is 5.78. The lowest BCUT2D eigenvalue weighted by molar-refractivity contribution is -0.121. The molecule has 166 valence electrons. The van der Waals surface area contributed by atoms with Gasteiger partial charge >= 0.3 is 0 Å². The molecule has 0 bridgehead atoms. The second-order valence-corrected chi connectivity index (χ2v) is 7.95. The maximum atomic E-state index is 12.6. The van der Waals surface area contributed by atoms with E-state index < -0.39 is 0 Å². The summed E-state index contributed by atoms with van der Waals surface area (Å²) in [5.74, 6) is 1.12. The molecular weight excluding hydrogens is 394 g/mol. The molecule has 7 nitrogen and oxygen atoms in total. The third kappa shape index (κ3) is 5.98. The molecule has 0 aliphatic carbocycles. The zero-order chi connectivity index (χ0) is 22.4. The first-order valence-corrected chi connectivity index (χ1v) is 10.5. The van der Waals surface area contributed by atoms with Crippen molar-refractivity contribution in [1.82, 2.24) is 4.90 Å². The van der Waals surface area contributed by atoms with E-state index >= 15 is 0 Å². The first-order chi connectivity index (χ1) is 14.9. The Morgan fingerprint density at radius 2 is 1.71 bits per heavy atom. The van der Waals surface area contributed by atoms with E-state index in [1.807, 2.05) is 25.1 Å². The number of likely N-dealkylation sites (tertiary alicyclic amines) is 1. The second kappa shape index (κ2) is 10.3. The number of hydrogen-bond donors (Lipinski definition) is 2. The van der Waals surface area contributed by atoms with Gasteiger partial charge in [0.05, 0.1) is 26.5 Å². The predicted octanol–water partition coefficient (Wildman–Crippen LogP) is 3.61. The summed E-state index contributed by atoms with van der Waals surface area (Å²) in [6.45, 7) is 5.78. The first kappa shape index (κ1) is 22.6. The van der Waals surface area contributed by atoms with E-state index in [4.69, 9.17) is 9.47 Å². The van der Waals surface area contributed by atoms with Crippen LogP contribution < -0.4 is 20.1 Å². The van der Waals surface area contributed by atoms with Crippen molar-refractivity contribution in [2.24, 2.45) is 5.92 Å². The van der Waals surface area contributed by atoms with Crippen molar-refractivity contribution in [1.29, 1.82) is 0 Å². The Bertz CT molecular complexity index is 936. The topological polar surface area (TPSA) is 79.9 Å². The fourth-order valence-electron chi connectivity index (χ4n) is 3.71. The van der Waals surface area contributed by atoms with E-state index in [2.05, 4.69) is 22.5 Å². The molecule has 1 heterocycles. The summed E-state index contributed by atoms with van der Waals surface area (Å²) in [6.07, 6.45) is 1.46. The van der Waals surface area contributed by atoms with Crippen molar-refractivity contribution >= 4 is 23.2 Å². The van der Waals surface area contributed by atoms with Gasteiger partial charge in [-0.3, -0.25) is 14.5 Å². The van der Waals surface area contributed by atoms with Crippen LogP contribution in [0.3, 0.4) is 0 Å². The summed E-state index contributed by atoms with van der Waals surface area (Å²) in [5.41, 5.74) is 3.81. The van der Waals surface area contributed by atoms with Crippen molar-refractivity contribution in [3.05, 3.63) is 47.5 Å². The molecule has 2 aromatic rings. The van der Waals surface area contributed by atoms with Crippen LogP contribution in [-0.2, 0) is 9.59 Å². The lowest BCUT2D eigenvalue weighted by Gasteiger charge is -2.30. The molecular formula is C24H31N3O4. The van der Waals surface area contributed by atoms with Gasteiger partial charge in [0.2, 0.25) is 11.8 Å². The number of nitrogens with zero attached hydrogens (tertiary/aromatic N) is 1. The average molecular weight is 426 g/mol. The number of amides is 2. The van der Waals surface area contributed by atoms with Crippen LogP contribution >= 0.6 is 0 Å². The second-order valence-electron chi connectivity index (χ2n) is 7.95. The highest BCUT2D eigenvalue weighted by molar-refractivity contribution is 5.94. The fourth-order valence-corrected chi connectivity index (χ4v) is 3.71. The van der Waals surface area contributed by atoms with Gasteiger partial charge in [-0.25, -0.2) is 0 Å². The Kier molecular flexibility index (Phi) is 7.52. The summed E-state index contributed by atoms with van der Waals surface area (Å²) in [7, 11) is 3.14. The highest BCUT2D eigenvalue weighted by Crippen LogP contribution is 2.29. The largest absolute Gasteiger partial charge is 0.497 e. The monoisotopic (exact) mass is 425 g/mol. The molecule has 2 amide bonds. The Labute approximate surface area is 183 Å². The average Bonchev–Trinajstić information content (AvgIpc) is 2.77. The predicted molar refractivity (Wildman–Crippen MR) is 122 cm³/mol. The first-order valence-electron chi connectivity index (χ1n) is 10.5. The molecule has 0 radical (unpaired) electrons. The Morgan fingerprint density at radius 1 is 0.968 bits per heavy atom. The summed E-state index contributed by atoms with van der Waals surface area (Å²) >= 11 is 0. The lowest BCUT2D eigenvalue weighted by atomic mass is 9.95. The highest BCUT2D eigenvalue weighted by Gasteiger charge is 2.26. The highest BCUT2D eigenvalue weighted by atomic mass is 16.5. The van der Waals surface area contributed by atoms with Gasteiger partial charge in [-0.1, -0.05) is 6.07 Å². The molecule has 7 heteroatoms. The smallest absolute Gasteiger partial charge is 0.238 e. The maximum absolute atomic E-state index is 12.6. The van der Waals surface area contributed by atoms with Crippen LogP contribution in [0.25, 0.3) is 0 Å². The van der Waals surface area contributed by atoms with Crippen LogP contribution in [0.5, 0.6) is 11.5 Å². The molecule has 0 saturated carbocycles. The van der Waals surface area contributed by atoms with Gasteiger partial charge in [0, 0.05) is 17.7 Å². The van der Waals surface area contributed by atoms with Crippen molar-refractivity contribution in [3.63, 3.8) is 0 Å². The number of benzene rings is 2. The number of anilines is 2. The number of rotatable bonds is 7. The van der Waals surface area contributed by atoms with Crippen LogP contribution in [-0.4, -0.2) is 50.6 Å². The van der Waals surface area contributed by atoms with Crippen molar-refractivity contribution < 1.29 is 19.1 Å². The third-order valence-corrected chi connectivity index (χ3v) is 5.78. The lowest BCUT2D eigenvalue weighted by Crippen LogP contribution is -2.41. The van der Waals surface area contributed by atoms with Crippen LogP contribution in [0.4, 0.5) is 11.4 Å². The fraction of sp³-hybridized carbons (Fsp3) is 0.417. The minimum atomic E-state index is -0.110. The molecule has 0 aromatic heterocycles. The molecule has 1 aliphatic rings. The Balaban J connectivity index is 1.48. The number of hydrogen-bond acceptors (Lipinski definition) is 5. The Hall–Kier alpha value is -3.06. The number of methoxy groups -OCH3 is 2. The zero-order valence-corrected chi connectivity index (χ0v) is 18.7. The number of nitrogens with one attached hydrogen (secondary N) is 2. The van der Waals surface area contributed by atoms with Gasteiger partial charge in [-0.05, 0) is 75.2 Å². The van der Waals surface area contributed by atoms with Crippen LogP contribution in [0.1, 0.15) is 24.0 Å². The SMILES string of the molecule is COc1ccc(NC(=O)CN2CCC(C(=O)Nc3ccc(C)c(C)c3)CC2)c(OC)c1. The molecule has 0 spiro atoms. The molecule has 0 atom stereocenters. The molecule has 0 unspecified atom stereocenters. The maximum Gasteiger partial charge on any atom is 0.238 e. The standard InChI is InChI=1S/C24H31N3O4/c1-16-5-6-19(13-17(16)2)25-24(29)18-9-11-27(12-10-18)15-23(28)26-21-8-7-20(30-3)14-22(21)31-4/h5-8,13-14,18H,9-12,15H2,1-4H3,(H,25,29)(H,26,28). The van der Waals surface area contributed by atoms with Gasteiger partial charge in [0.1, 0.15) is 11.5 Å². The summed E-state index contributed by atoms with van der Waals surface area (Å²) in [5, 5.41) is 5.93. The zero-order valence-electron chi connectivity index (χ0n) is 18.7. The van der Waals surface area contributed by atoms with E-state index in [-0.39, 0.29) is 24.3 Å². The number of ether oxygens (including phenoxy) is 2. The minimum Gasteiger partial charge on any atom is -0.497 e. The molecule has 2 aromatic carbocycles. The van der Waals surface area contributed by atoms with Gasteiger partial charge in [-0.15, -0.1) is 0 Å². The van der Waals surface area contributed by atoms with E-state index in [1.165, 1.54) is 5.56 Å². The van der Waals surface area contributed by atoms with E-state index in [0.29, 0.717) is 30.3 Å². The normalized spacial score (nSPS) is 14.7. The van der Waals surface area contributed by atoms with Gasteiger partial charge in [0.25, 0.3) is 0 Å². The molecule has 2 N–H and O–H groups in total. The molecule has 3 rings (SSSR count). The number of aryl methyl sites for hydroxylation is 2. The van der Waals surface area contributed by atoms with Crippen LogP contribution in [0, 0.1) is 19.8 Å². The molecule has 1 fully saturated rings. The number of carbonyl (C=O) groups excluding carboxylic acids is 2. The quantitative estimate of drug-likeness (QED) is 0.708. The summed E-state index contributed by atoms with van der Waals surface area (Å²) in [6, 6.07) is 11.2. The van der Waals surface area contributed by atoms with E-state index in [0.717, 1.165) is 24.1 Å². The summed E-state index contributed by atoms with van der Waals surface area (Å²) in [4.78, 5) is 27.2. The molecule has 31 heavy (non-hydrogen) atoms. The molecule has 1 aliphatic heterocycles.